The molecule has 0 N–H and O–H groups in total. The summed E-state index contributed by atoms with van der Waals surface area (Å²) in [5.41, 5.74) is 0. The van der Waals surface area contributed by atoms with Crippen molar-refractivity contribution in [2.75, 3.05) is 27.2 Å². The summed E-state index contributed by atoms with van der Waals surface area (Å²) in [4.78, 5) is 2.27. The molecule has 0 aliphatic heterocycles. The molecule has 11 heavy (non-hydrogen) atoms. The summed E-state index contributed by atoms with van der Waals surface area (Å²) in [6.45, 7) is 8.67. The standard InChI is InChI=1S/C9H21NO/c1-6-10(4)7-9(11-5)8(2)3/h8-9H,6-7H2,1-5H3. The molecule has 0 aromatic heterocycles. The minimum absolute atomic E-state index is 0.375. The molecule has 2 heteroatoms. The van der Waals surface area contributed by atoms with Crippen molar-refractivity contribution in [3.8, 4) is 0 Å². The molecule has 0 bridgehead atoms. The predicted molar refractivity (Wildman–Crippen MR) is 48.8 cm³/mol. The maximum atomic E-state index is 5.34. The Hall–Kier alpha value is -0.0800. The second kappa shape index (κ2) is 5.56. The number of rotatable bonds is 5. The fourth-order valence-corrected chi connectivity index (χ4v) is 0.994. The van der Waals surface area contributed by atoms with E-state index in [4.69, 9.17) is 4.74 Å². The smallest absolute Gasteiger partial charge is 0.0720 e. The Morgan fingerprint density at radius 1 is 1.36 bits per heavy atom. The first-order valence-corrected chi connectivity index (χ1v) is 4.33. The lowest BCUT2D eigenvalue weighted by Gasteiger charge is -2.24. The molecule has 0 aliphatic carbocycles. The van der Waals surface area contributed by atoms with E-state index in [2.05, 4.69) is 32.7 Å². The van der Waals surface area contributed by atoms with Crippen LogP contribution in [0, 0.1) is 5.92 Å². The molecular formula is C9H21NO. The zero-order valence-electron chi connectivity index (χ0n) is 8.42. The molecule has 0 amide bonds. The number of ether oxygens (including phenoxy) is 1. The van der Waals surface area contributed by atoms with Gasteiger partial charge in [-0.1, -0.05) is 20.8 Å². The maximum absolute atomic E-state index is 5.34. The fraction of sp³-hybridized carbons (Fsp3) is 1.00. The lowest BCUT2D eigenvalue weighted by Crippen LogP contribution is -2.33. The van der Waals surface area contributed by atoms with Crippen LogP contribution in [0.2, 0.25) is 0 Å². The van der Waals surface area contributed by atoms with Gasteiger partial charge < -0.3 is 9.64 Å². The minimum atomic E-state index is 0.375. The normalized spacial score (nSPS) is 14.5. The highest BCUT2D eigenvalue weighted by Crippen LogP contribution is 2.06. The lowest BCUT2D eigenvalue weighted by atomic mass is 10.1. The molecule has 0 saturated carbocycles. The molecule has 0 heterocycles. The molecule has 0 aromatic carbocycles. The quantitative estimate of drug-likeness (QED) is 0.604. The van der Waals surface area contributed by atoms with Gasteiger partial charge in [-0.3, -0.25) is 0 Å². The minimum Gasteiger partial charge on any atom is -0.380 e. The van der Waals surface area contributed by atoms with Gasteiger partial charge in [-0.2, -0.15) is 0 Å². The van der Waals surface area contributed by atoms with Gasteiger partial charge in [0.1, 0.15) is 0 Å². The topological polar surface area (TPSA) is 12.5 Å². The fourth-order valence-electron chi connectivity index (χ4n) is 0.994. The average Bonchev–Trinajstić information content (AvgIpc) is 1.99. The second-order valence-corrected chi connectivity index (χ2v) is 3.37. The van der Waals surface area contributed by atoms with Crippen LogP contribution in [0.3, 0.4) is 0 Å². The number of methoxy groups -OCH3 is 1. The highest BCUT2D eigenvalue weighted by Gasteiger charge is 2.13. The Morgan fingerprint density at radius 2 is 1.91 bits per heavy atom. The summed E-state index contributed by atoms with van der Waals surface area (Å²) in [7, 11) is 3.91. The van der Waals surface area contributed by atoms with Gasteiger partial charge in [-0.05, 0) is 19.5 Å². The van der Waals surface area contributed by atoms with Gasteiger partial charge in [0, 0.05) is 13.7 Å². The molecule has 1 unspecified atom stereocenters. The van der Waals surface area contributed by atoms with Gasteiger partial charge >= 0.3 is 0 Å². The van der Waals surface area contributed by atoms with E-state index in [-0.39, 0.29) is 0 Å². The average molecular weight is 159 g/mol. The van der Waals surface area contributed by atoms with Gasteiger partial charge in [0.25, 0.3) is 0 Å². The summed E-state index contributed by atoms with van der Waals surface area (Å²) < 4.78 is 5.34. The van der Waals surface area contributed by atoms with Gasteiger partial charge in [-0.15, -0.1) is 0 Å². The van der Waals surface area contributed by atoms with Crippen molar-refractivity contribution in [3.63, 3.8) is 0 Å². The summed E-state index contributed by atoms with van der Waals surface area (Å²) in [5.74, 6) is 0.606. The Balaban J connectivity index is 3.68. The molecule has 2 nitrogen and oxygen atoms in total. The van der Waals surface area contributed by atoms with Crippen molar-refractivity contribution >= 4 is 0 Å². The van der Waals surface area contributed by atoms with Gasteiger partial charge in [0.2, 0.25) is 0 Å². The molecule has 68 valence electrons. The Morgan fingerprint density at radius 3 is 2.18 bits per heavy atom. The summed E-state index contributed by atoms with van der Waals surface area (Å²) in [6, 6.07) is 0. The predicted octanol–water partition coefficient (Wildman–Crippen LogP) is 1.61. The monoisotopic (exact) mass is 159 g/mol. The van der Waals surface area contributed by atoms with Gasteiger partial charge in [-0.25, -0.2) is 0 Å². The molecule has 0 radical (unpaired) electrons. The van der Waals surface area contributed by atoms with E-state index in [0.29, 0.717) is 12.0 Å². The van der Waals surface area contributed by atoms with Crippen molar-refractivity contribution in [1.82, 2.24) is 4.90 Å². The van der Waals surface area contributed by atoms with E-state index in [1.807, 2.05) is 0 Å². The molecule has 0 aromatic rings. The van der Waals surface area contributed by atoms with Crippen molar-refractivity contribution in [2.45, 2.75) is 26.9 Å². The van der Waals surface area contributed by atoms with Crippen molar-refractivity contribution in [1.29, 1.82) is 0 Å². The summed E-state index contributed by atoms with van der Waals surface area (Å²) in [6.07, 6.45) is 0.375. The van der Waals surface area contributed by atoms with E-state index >= 15 is 0 Å². The highest BCUT2D eigenvalue weighted by atomic mass is 16.5. The molecule has 1 atom stereocenters. The van der Waals surface area contributed by atoms with E-state index in [1.165, 1.54) is 0 Å². The van der Waals surface area contributed by atoms with Crippen LogP contribution in [0.1, 0.15) is 20.8 Å². The van der Waals surface area contributed by atoms with Crippen LogP contribution in [-0.4, -0.2) is 38.3 Å². The third kappa shape index (κ3) is 4.38. The third-order valence-corrected chi connectivity index (χ3v) is 2.08. The molecule has 0 aliphatic rings. The number of hydrogen-bond acceptors (Lipinski definition) is 2. The molecule has 0 saturated heterocycles. The molecule has 0 spiro atoms. The zero-order chi connectivity index (χ0) is 8.85. The Bertz CT molecular complexity index is 93.6. The first-order chi connectivity index (χ1) is 5.11. The lowest BCUT2D eigenvalue weighted by molar-refractivity contribution is 0.0399. The summed E-state index contributed by atoms with van der Waals surface area (Å²) in [5, 5.41) is 0. The van der Waals surface area contributed by atoms with Crippen LogP contribution in [0.15, 0.2) is 0 Å². The highest BCUT2D eigenvalue weighted by molar-refractivity contribution is 4.65. The largest absolute Gasteiger partial charge is 0.380 e. The Labute approximate surface area is 70.5 Å². The number of hydrogen-bond donors (Lipinski definition) is 0. The van der Waals surface area contributed by atoms with E-state index in [1.54, 1.807) is 7.11 Å². The van der Waals surface area contributed by atoms with Crippen molar-refractivity contribution < 1.29 is 4.74 Å². The van der Waals surface area contributed by atoms with Gasteiger partial charge in [0.05, 0.1) is 6.10 Å². The second-order valence-electron chi connectivity index (χ2n) is 3.37. The van der Waals surface area contributed by atoms with Crippen LogP contribution in [-0.2, 0) is 4.74 Å². The van der Waals surface area contributed by atoms with Crippen molar-refractivity contribution in [2.24, 2.45) is 5.92 Å². The first-order valence-electron chi connectivity index (χ1n) is 4.33. The summed E-state index contributed by atoms with van der Waals surface area (Å²) >= 11 is 0. The van der Waals surface area contributed by atoms with Crippen LogP contribution >= 0.6 is 0 Å². The van der Waals surface area contributed by atoms with Gasteiger partial charge in [0.15, 0.2) is 0 Å². The third-order valence-electron chi connectivity index (χ3n) is 2.08. The molecular weight excluding hydrogens is 138 g/mol. The van der Waals surface area contributed by atoms with E-state index in [0.717, 1.165) is 13.1 Å². The number of nitrogens with zero attached hydrogens (tertiary/aromatic N) is 1. The van der Waals surface area contributed by atoms with E-state index < -0.39 is 0 Å². The molecule has 0 fully saturated rings. The zero-order valence-corrected chi connectivity index (χ0v) is 8.42. The van der Waals surface area contributed by atoms with Crippen LogP contribution in [0.25, 0.3) is 0 Å². The van der Waals surface area contributed by atoms with Crippen LogP contribution < -0.4 is 0 Å². The first kappa shape index (κ1) is 10.9. The number of likely N-dealkylation sites (N-methyl/N-ethyl adjacent to an activating group) is 1. The molecule has 0 rings (SSSR count). The van der Waals surface area contributed by atoms with Crippen molar-refractivity contribution in [3.05, 3.63) is 0 Å². The maximum Gasteiger partial charge on any atom is 0.0720 e. The van der Waals surface area contributed by atoms with Crippen LogP contribution in [0.5, 0.6) is 0 Å². The Kier molecular flexibility index (Phi) is 5.51. The van der Waals surface area contributed by atoms with E-state index in [9.17, 15) is 0 Å². The SMILES string of the molecule is CCN(C)CC(OC)C(C)C. The van der Waals surface area contributed by atoms with Crippen LogP contribution in [0.4, 0.5) is 0 Å².